The molecular formula is C15H20F3NO3. The van der Waals surface area contributed by atoms with Crippen LogP contribution >= 0.6 is 0 Å². The SMILES string of the molecule is O=C(CCCCCCC(O)(O)C(F)(F)F)Nc1ccccc1. The van der Waals surface area contributed by atoms with Crippen LogP contribution in [-0.2, 0) is 4.79 Å². The summed E-state index contributed by atoms with van der Waals surface area (Å²) in [6.07, 6.45) is -4.00. The molecule has 0 atom stereocenters. The van der Waals surface area contributed by atoms with E-state index >= 15 is 0 Å². The fourth-order valence-electron chi connectivity index (χ4n) is 1.90. The molecule has 1 rings (SSSR count). The number of unbranched alkanes of at least 4 members (excludes halogenated alkanes) is 3. The highest BCUT2D eigenvalue weighted by Gasteiger charge is 2.51. The van der Waals surface area contributed by atoms with Crippen molar-refractivity contribution in [3.8, 4) is 0 Å². The van der Waals surface area contributed by atoms with Crippen molar-refractivity contribution in [3.63, 3.8) is 0 Å². The number of benzene rings is 1. The average Bonchev–Trinajstić information content (AvgIpc) is 2.42. The number of hydrogen-bond donors (Lipinski definition) is 3. The predicted octanol–water partition coefficient (Wildman–Crippen LogP) is 3.21. The second kappa shape index (κ2) is 8.14. The molecule has 4 nitrogen and oxygen atoms in total. The standard InChI is InChI=1S/C15H20F3NO3/c16-15(17,18)14(21,22)11-7-2-1-6-10-13(20)19-12-8-4-3-5-9-12/h3-5,8-9,21-22H,1-2,6-7,10-11H2,(H,19,20). The zero-order valence-electron chi connectivity index (χ0n) is 12.1. The molecular weight excluding hydrogens is 299 g/mol. The molecule has 1 amide bonds. The molecule has 0 radical (unpaired) electrons. The van der Waals surface area contributed by atoms with Gasteiger partial charge >= 0.3 is 6.18 Å². The third kappa shape index (κ3) is 6.44. The number of para-hydroxylation sites is 1. The van der Waals surface area contributed by atoms with E-state index in [1.807, 2.05) is 6.07 Å². The van der Waals surface area contributed by atoms with Crippen molar-refractivity contribution in [2.75, 3.05) is 5.32 Å². The highest BCUT2D eigenvalue weighted by Crippen LogP contribution is 2.32. The normalized spacial score (nSPS) is 12.2. The second-order valence-corrected chi connectivity index (χ2v) is 5.14. The van der Waals surface area contributed by atoms with Gasteiger partial charge in [0.2, 0.25) is 5.91 Å². The van der Waals surface area contributed by atoms with Crippen LogP contribution in [0.3, 0.4) is 0 Å². The third-order valence-corrected chi connectivity index (χ3v) is 3.19. The number of anilines is 1. The fourth-order valence-corrected chi connectivity index (χ4v) is 1.90. The Bertz CT molecular complexity index is 461. The van der Waals surface area contributed by atoms with Crippen LogP contribution in [0, 0.1) is 0 Å². The second-order valence-electron chi connectivity index (χ2n) is 5.14. The number of nitrogens with one attached hydrogen (secondary N) is 1. The van der Waals surface area contributed by atoms with E-state index in [1.54, 1.807) is 24.3 Å². The highest BCUT2D eigenvalue weighted by molar-refractivity contribution is 5.90. The molecule has 0 unspecified atom stereocenters. The Morgan fingerprint density at radius 2 is 1.59 bits per heavy atom. The summed E-state index contributed by atoms with van der Waals surface area (Å²) in [5, 5.41) is 20.4. The van der Waals surface area contributed by atoms with Gasteiger partial charge in [0.1, 0.15) is 0 Å². The molecule has 0 saturated carbocycles. The van der Waals surface area contributed by atoms with Crippen molar-refractivity contribution < 1.29 is 28.2 Å². The first kappa shape index (κ1) is 18.4. The summed E-state index contributed by atoms with van der Waals surface area (Å²) in [5.41, 5.74) is 0.697. The summed E-state index contributed by atoms with van der Waals surface area (Å²) >= 11 is 0. The van der Waals surface area contributed by atoms with Gasteiger partial charge in [-0.15, -0.1) is 0 Å². The maximum absolute atomic E-state index is 12.2. The maximum Gasteiger partial charge on any atom is 0.442 e. The van der Waals surface area contributed by atoms with Gasteiger partial charge in [0.25, 0.3) is 5.79 Å². The molecule has 0 aromatic heterocycles. The van der Waals surface area contributed by atoms with Crippen LogP contribution in [0.25, 0.3) is 0 Å². The van der Waals surface area contributed by atoms with Crippen LogP contribution in [-0.4, -0.2) is 28.1 Å². The summed E-state index contributed by atoms with van der Waals surface area (Å²) in [4.78, 5) is 11.6. The summed E-state index contributed by atoms with van der Waals surface area (Å²) in [6, 6.07) is 8.95. The number of aliphatic hydroxyl groups is 2. The molecule has 0 bridgehead atoms. The van der Waals surface area contributed by atoms with Crippen molar-refractivity contribution in [2.45, 2.75) is 50.5 Å². The molecule has 7 heteroatoms. The van der Waals surface area contributed by atoms with Crippen molar-refractivity contribution in [1.29, 1.82) is 0 Å². The maximum atomic E-state index is 12.2. The number of alkyl halides is 3. The number of halogens is 3. The number of carbonyl (C=O) groups excluding carboxylic acids is 1. The van der Waals surface area contributed by atoms with Gasteiger partial charge in [-0.25, -0.2) is 0 Å². The van der Waals surface area contributed by atoms with Crippen LogP contribution in [0.4, 0.5) is 18.9 Å². The minimum absolute atomic E-state index is 0.0345. The van der Waals surface area contributed by atoms with E-state index in [0.717, 1.165) is 0 Å². The molecule has 3 N–H and O–H groups in total. The summed E-state index contributed by atoms with van der Waals surface area (Å²) < 4.78 is 36.5. The van der Waals surface area contributed by atoms with E-state index in [2.05, 4.69) is 5.32 Å². The lowest BCUT2D eigenvalue weighted by Gasteiger charge is -2.24. The minimum atomic E-state index is -5.04. The van der Waals surface area contributed by atoms with Gasteiger partial charge in [0.15, 0.2) is 0 Å². The third-order valence-electron chi connectivity index (χ3n) is 3.19. The number of amides is 1. The van der Waals surface area contributed by atoms with E-state index in [-0.39, 0.29) is 18.7 Å². The van der Waals surface area contributed by atoms with Crippen LogP contribution in [0.5, 0.6) is 0 Å². The van der Waals surface area contributed by atoms with Crippen molar-refractivity contribution >= 4 is 11.6 Å². The molecule has 0 aliphatic carbocycles. The first-order valence-electron chi connectivity index (χ1n) is 7.09. The highest BCUT2D eigenvalue weighted by atomic mass is 19.4. The van der Waals surface area contributed by atoms with Crippen LogP contribution in [0.1, 0.15) is 38.5 Å². The predicted molar refractivity (Wildman–Crippen MR) is 76.0 cm³/mol. The first-order chi connectivity index (χ1) is 10.2. The summed E-state index contributed by atoms with van der Waals surface area (Å²) in [5.74, 6) is -3.78. The molecule has 22 heavy (non-hydrogen) atoms. The lowest BCUT2D eigenvalue weighted by molar-refractivity contribution is -0.351. The van der Waals surface area contributed by atoms with E-state index in [0.29, 0.717) is 24.9 Å². The Morgan fingerprint density at radius 3 is 2.18 bits per heavy atom. The van der Waals surface area contributed by atoms with Gasteiger partial charge in [-0.2, -0.15) is 13.2 Å². The zero-order chi connectivity index (χ0) is 16.6. The minimum Gasteiger partial charge on any atom is -0.359 e. The van der Waals surface area contributed by atoms with Gasteiger partial charge < -0.3 is 15.5 Å². The Balaban J connectivity index is 2.12. The van der Waals surface area contributed by atoms with Gasteiger partial charge in [0, 0.05) is 18.5 Å². The molecule has 0 aliphatic rings. The lowest BCUT2D eigenvalue weighted by Crippen LogP contribution is -2.44. The smallest absolute Gasteiger partial charge is 0.359 e. The summed E-state index contributed by atoms with van der Waals surface area (Å²) in [7, 11) is 0. The van der Waals surface area contributed by atoms with Crippen molar-refractivity contribution in [3.05, 3.63) is 30.3 Å². The quantitative estimate of drug-likeness (QED) is 0.509. The Morgan fingerprint density at radius 1 is 1.00 bits per heavy atom. The molecule has 0 spiro atoms. The van der Waals surface area contributed by atoms with Gasteiger partial charge in [0.05, 0.1) is 0 Å². The van der Waals surface area contributed by atoms with Crippen molar-refractivity contribution in [1.82, 2.24) is 0 Å². The van der Waals surface area contributed by atoms with Gasteiger partial charge in [-0.05, 0) is 25.0 Å². The monoisotopic (exact) mass is 319 g/mol. The topological polar surface area (TPSA) is 69.6 Å². The molecule has 0 aliphatic heterocycles. The van der Waals surface area contributed by atoms with Gasteiger partial charge in [-0.3, -0.25) is 4.79 Å². The zero-order valence-corrected chi connectivity index (χ0v) is 12.1. The van der Waals surface area contributed by atoms with Crippen LogP contribution in [0.2, 0.25) is 0 Å². The van der Waals surface area contributed by atoms with E-state index < -0.39 is 18.4 Å². The molecule has 1 aromatic carbocycles. The molecule has 1 aromatic rings. The Kier molecular flexibility index (Phi) is 6.83. The number of carbonyl (C=O) groups is 1. The molecule has 0 fully saturated rings. The fraction of sp³-hybridized carbons (Fsp3) is 0.533. The van der Waals surface area contributed by atoms with E-state index in [9.17, 15) is 18.0 Å². The lowest BCUT2D eigenvalue weighted by atomic mass is 10.1. The van der Waals surface area contributed by atoms with E-state index in [1.165, 1.54) is 0 Å². The summed E-state index contributed by atoms with van der Waals surface area (Å²) in [6.45, 7) is 0. The van der Waals surface area contributed by atoms with Crippen molar-refractivity contribution in [2.24, 2.45) is 0 Å². The van der Waals surface area contributed by atoms with E-state index in [4.69, 9.17) is 10.2 Å². The van der Waals surface area contributed by atoms with Crippen LogP contribution < -0.4 is 5.32 Å². The molecule has 124 valence electrons. The number of hydrogen-bond acceptors (Lipinski definition) is 3. The Hall–Kier alpha value is -1.60. The Labute approximate surface area is 127 Å². The molecule has 0 heterocycles. The largest absolute Gasteiger partial charge is 0.442 e. The average molecular weight is 319 g/mol. The number of rotatable bonds is 8. The van der Waals surface area contributed by atoms with Crippen LogP contribution in [0.15, 0.2) is 30.3 Å². The molecule has 0 saturated heterocycles. The first-order valence-corrected chi connectivity index (χ1v) is 7.09. The van der Waals surface area contributed by atoms with Gasteiger partial charge in [-0.1, -0.05) is 31.0 Å².